The summed E-state index contributed by atoms with van der Waals surface area (Å²) in [4.78, 5) is 4.30. The molecule has 1 fully saturated rings. The molecular formula is C13H20ClN3. The number of nitrogens with one attached hydrogen (secondary N) is 1. The van der Waals surface area contributed by atoms with Crippen molar-refractivity contribution in [1.82, 2.24) is 4.98 Å². The monoisotopic (exact) mass is 253 g/mol. The molecule has 1 aliphatic rings. The van der Waals surface area contributed by atoms with Crippen molar-refractivity contribution in [1.29, 1.82) is 0 Å². The number of pyridine rings is 1. The Labute approximate surface area is 108 Å². The fourth-order valence-corrected chi connectivity index (χ4v) is 2.84. The van der Waals surface area contributed by atoms with Gasteiger partial charge in [-0.1, -0.05) is 31.4 Å². The predicted octanol–water partition coefficient (Wildman–Crippen LogP) is 3.05. The molecule has 0 radical (unpaired) electrons. The highest BCUT2D eigenvalue weighted by Crippen LogP contribution is 2.36. The van der Waals surface area contributed by atoms with Gasteiger partial charge in [0, 0.05) is 12.7 Å². The molecule has 17 heavy (non-hydrogen) atoms. The molecule has 2 atom stereocenters. The molecule has 2 rings (SSSR count). The summed E-state index contributed by atoms with van der Waals surface area (Å²) < 4.78 is 0. The Morgan fingerprint density at radius 2 is 2.41 bits per heavy atom. The molecule has 4 heteroatoms. The zero-order chi connectivity index (χ0) is 12.3. The number of nitrogens with zero attached hydrogens (tertiary/aromatic N) is 1. The third kappa shape index (κ3) is 2.55. The Morgan fingerprint density at radius 1 is 1.59 bits per heavy atom. The highest BCUT2D eigenvalue weighted by atomic mass is 35.5. The van der Waals surface area contributed by atoms with Crippen LogP contribution in [0.4, 0.5) is 5.82 Å². The second-order valence-corrected chi connectivity index (χ2v) is 5.37. The molecule has 1 aliphatic carbocycles. The van der Waals surface area contributed by atoms with Gasteiger partial charge in [0.25, 0.3) is 0 Å². The molecule has 2 unspecified atom stereocenters. The van der Waals surface area contributed by atoms with E-state index in [9.17, 15) is 0 Å². The van der Waals surface area contributed by atoms with Crippen LogP contribution in [0.15, 0.2) is 18.3 Å². The average molecular weight is 254 g/mol. The van der Waals surface area contributed by atoms with Crippen LogP contribution in [0.5, 0.6) is 0 Å². The van der Waals surface area contributed by atoms with E-state index in [-0.39, 0.29) is 5.54 Å². The summed E-state index contributed by atoms with van der Waals surface area (Å²) in [5.74, 6) is 1.31. The largest absolute Gasteiger partial charge is 0.362 e. The maximum atomic E-state index is 6.14. The number of anilines is 1. The molecule has 3 N–H and O–H groups in total. The lowest BCUT2D eigenvalue weighted by atomic mass is 9.73. The van der Waals surface area contributed by atoms with Gasteiger partial charge in [-0.3, -0.25) is 0 Å². The zero-order valence-corrected chi connectivity index (χ0v) is 11.0. The molecule has 1 aromatic heterocycles. The summed E-state index contributed by atoms with van der Waals surface area (Å²) in [7, 11) is 0. The van der Waals surface area contributed by atoms with Crippen LogP contribution in [0.1, 0.15) is 32.6 Å². The summed E-state index contributed by atoms with van der Waals surface area (Å²) in [6.07, 6.45) is 6.58. The quantitative estimate of drug-likeness (QED) is 0.871. The molecule has 1 aromatic rings. The van der Waals surface area contributed by atoms with Gasteiger partial charge in [-0.25, -0.2) is 4.98 Å². The van der Waals surface area contributed by atoms with Crippen molar-refractivity contribution in [3.8, 4) is 0 Å². The summed E-state index contributed by atoms with van der Waals surface area (Å²) in [5.41, 5.74) is 5.95. The average Bonchev–Trinajstić information content (AvgIpc) is 2.35. The number of halogens is 1. The Hall–Kier alpha value is -0.800. The van der Waals surface area contributed by atoms with Gasteiger partial charge in [0.15, 0.2) is 0 Å². The van der Waals surface area contributed by atoms with Crippen molar-refractivity contribution in [3.63, 3.8) is 0 Å². The minimum Gasteiger partial charge on any atom is -0.362 e. The van der Waals surface area contributed by atoms with E-state index in [0.29, 0.717) is 17.5 Å². The number of hydrogen-bond donors (Lipinski definition) is 2. The van der Waals surface area contributed by atoms with E-state index in [1.807, 2.05) is 12.1 Å². The Bertz CT molecular complexity index is 383. The molecule has 0 spiro atoms. The second-order valence-electron chi connectivity index (χ2n) is 4.97. The Balaban J connectivity index is 2.22. The SMILES string of the molecule is CC1CCCCC1(CN)Nc1ncccc1Cl. The van der Waals surface area contributed by atoms with Gasteiger partial charge in [0.2, 0.25) is 0 Å². The summed E-state index contributed by atoms with van der Waals surface area (Å²) in [6.45, 7) is 2.89. The minimum atomic E-state index is -0.0454. The topological polar surface area (TPSA) is 50.9 Å². The van der Waals surface area contributed by atoms with Gasteiger partial charge >= 0.3 is 0 Å². The predicted molar refractivity (Wildman–Crippen MR) is 72.3 cm³/mol. The molecular weight excluding hydrogens is 234 g/mol. The Kier molecular flexibility index (Phi) is 3.89. The van der Waals surface area contributed by atoms with E-state index in [1.165, 1.54) is 19.3 Å². The van der Waals surface area contributed by atoms with Crippen LogP contribution in [0, 0.1) is 5.92 Å². The van der Waals surface area contributed by atoms with Crippen LogP contribution in [0.3, 0.4) is 0 Å². The van der Waals surface area contributed by atoms with Crippen molar-refractivity contribution in [2.45, 2.75) is 38.1 Å². The van der Waals surface area contributed by atoms with Crippen molar-refractivity contribution in [2.75, 3.05) is 11.9 Å². The molecule has 0 saturated heterocycles. The van der Waals surface area contributed by atoms with Crippen molar-refractivity contribution < 1.29 is 0 Å². The van der Waals surface area contributed by atoms with Crippen molar-refractivity contribution in [2.24, 2.45) is 11.7 Å². The fourth-order valence-electron chi connectivity index (χ4n) is 2.67. The van der Waals surface area contributed by atoms with E-state index in [2.05, 4.69) is 17.2 Å². The van der Waals surface area contributed by atoms with Gasteiger partial charge in [0.1, 0.15) is 5.82 Å². The van der Waals surface area contributed by atoms with Gasteiger partial charge in [-0.05, 0) is 30.9 Å². The van der Waals surface area contributed by atoms with E-state index in [1.54, 1.807) is 6.20 Å². The fraction of sp³-hybridized carbons (Fsp3) is 0.615. The van der Waals surface area contributed by atoms with E-state index >= 15 is 0 Å². The summed E-state index contributed by atoms with van der Waals surface area (Å²) >= 11 is 6.14. The van der Waals surface area contributed by atoms with Crippen LogP contribution in [0.2, 0.25) is 5.02 Å². The molecule has 1 saturated carbocycles. The molecule has 0 bridgehead atoms. The highest BCUT2D eigenvalue weighted by molar-refractivity contribution is 6.32. The van der Waals surface area contributed by atoms with Gasteiger partial charge in [0.05, 0.1) is 10.6 Å². The summed E-state index contributed by atoms with van der Waals surface area (Å²) in [5, 5.41) is 4.16. The minimum absolute atomic E-state index is 0.0454. The first-order chi connectivity index (χ1) is 8.18. The third-order valence-corrected chi connectivity index (χ3v) is 4.25. The first kappa shape index (κ1) is 12.7. The van der Waals surface area contributed by atoms with Crippen molar-refractivity contribution in [3.05, 3.63) is 23.4 Å². The van der Waals surface area contributed by atoms with E-state index in [0.717, 1.165) is 12.2 Å². The number of hydrogen-bond acceptors (Lipinski definition) is 3. The van der Waals surface area contributed by atoms with Crippen LogP contribution < -0.4 is 11.1 Å². The second kappa shape index (κ2) is 5.23. The molecule has 1 heterocycles. The number of aromatic nitrogens is 1. The smallest absolute Gasteiger partial charge is 0.145 e. The number of rotatable bonds is 3. The molecule has 94 valence electrons. The van der Waals surface area contributed by atoms with Crippen LogP contribution in [-0.4, -0.2) is 17.1 Å². The van der Waals surface area contributed by atoms with E-state index in [4.69, 9.17) is 17.3 Å². The van der Waals surface area contributed by atoms with Gasteiger partial charge in [-0.15, -0.1) is 0 Å². The first-order valence-electron chi connectivity index (χ1n) is 6.27. The molecule has 0 aliphatic heterocycles. The lowest BCUT2D eigenvalue weighted by Gasteiger charge is -2.43. The van der Waals surface area contributed by atoms with Crippen LogP contribution >= 0.6 is 11.6 Å². The van der Waals surface area contributed by atoms with Crippen LogP contribution in [0.25, 0.3) is 0 Å². The number of nitrogens with two attached hydrogens (primary N) is 1. The first-order valence-corrected chi connectivity index (χ1v) is 6.64. The maximum Gasteiger partial charge on any atom is 0.145 e. The maximum absolute atomic E-state index is 6.14. The lowest BCUT2D eigenvalue weighted by molar-refractivity contribution is 0.235. The highest BCUT2D eigenvalue weighted by Gasteiger charge is 2.37. The standard InChI is InChI=1S/C13H20ClN3/c1-10-5-2-3-7-13(10,9-15)17-12-11(14)6-4-8-16-12/h4,6,8,10H,2-3,5,7,9,15H2,1H3,(H,16,17). The Morgan fingerprint density at radius 3 is 3.06 bits per heavy atom. The van der Waals surface area contributed by atoms with Gasteiger partial charge in [-0.2, -0.15) is 0 Å². The lowest BCUT2D eigenvalue weighted by Crippen LogP contribution is -2.52. The zero-order valence-electron chi connectivity index (χ0n) is 10.2. The van der Waals surface area contributed by atoms with Crippen molar-refractivity contribution >= 4 is 17.4 Å². The third-order valence-electron chi connectivity index (χ3n) is 3.94. The van der Waals surface area contributed by atoms with Gasteiger partial charge < -0.3 is 11.1 Å². The summed E-state index contributed by atoms with van der Waals surface area (Å²) in [6, 6.07) is 3.70. The van der Waals surface area contributed by atoms with Crippen LogP contribution in [-0.2, 0) is 0 Å². The normalized spacial score (nSPS) is 29.0. The molecule has 3 nitrogen and oxygen atoms in total. The molecule has 0 aromatic carbocycles. The van der Waals surface area contributed by atoms with E-state index < -0.39 is 0 Å². The molecule has 0 amide bonds.